The van der Waals surface area contributed by atoms with Gasteiger partial charge in [0.05, 0.1) is 15.1 Å². The van der Waals surface area contributed by atoms with Crippen molar-refractivity contribution < 1.29 is 13.2 Å². The van der Waals surface area contributed by atoms with Crippen LogP contribution in [0.4, 0.5) is 0 Å². The molecule has 2 aromatic carbocycles. The van der Waals surface area contributed by atoms with Gasteiger partial charge < -0.3 is 4.57 Å². The number of benzene rings is 2. The molecule has 1 atom stereocenters. The van der Waals surface area contributed by atoms with Gasteiger partial charge in [-0.1, -0.05) is 30.4 Å². The summed E-state index contributed by atoms with van der Waals surface area (Å²) in [5, 5.41) is 0. The molecular formula is C25H29N3O3S2. The van der Waals surface area contributed by atoms with Gasteiger partial charge in [0.1, 0.15) is 0 Å². The van der Waals surface area contributed by atoms with Gasteiger partial charge in [-0.05, 0) is 74.1 Å². The minimum Gasteiger partial charge on any atom is -0.312 e. The van der Waals surface area contributed by atoms with E-state index in [0.717, 1.165) is 34.2 Å². The summed E-state index contributed by atoms with van der Waals surface area (Å²) in [5.41, 5.74) is 3.68. The molecular weight excluding hydrogens is 454 g/mol. The summed E-state index contributed by atoms with van der Waals surface area (Å²) in [7, 11) is -3.56. The zero-order valence-electron chi connectivity index (χ0n) is 19.2. The molecule has 1 aliphatic rings. The summed E-state index contributed by atoms with van der Waals surface area (Å²) in [5.74, 6) is -0.0477. The fourth-order valence-corrected chi connectivity index (χ4v) is 7.02. The number of fused-ring (bicyclic) bond motifs is 1. The van der Waals surface area contributed by atoms with Gasteiger partial charge in [0.2, 0.25) is 10.0 Å². The lowest BCUT2D eigenvalue weighted by molar-refractivity contribution is 0.0997. The van der Waals surface area contributed by atoms with E-state index in [-0.39, 0.29) is 4.90 Å². The Morgan fingerprint density at radius 3 is 2.64 bits per heavy atom. The Morgan fingerprint density at radius 2 is 1.97 bits per heavy atom. The van der Waals surface area contributed by atoms with Crippen LogP contribution in [-0.2, 0) is 16.6 Å². The van der Waals surface area contributed by atoms with Crippen LogP contribution in [0, 0.1) is 19.8 Å². The van der Waals surface area contributed by atoms with Gasteiger partial charge in [0, 0.05) is 25.2 Å². The van der Waals surface area contributed by atoms with Crippen molar-refractivity contribution >= 4 is 37.5 Å². The third-order valence-corrected chi connectivity index (χ3v) is 9.09. The number of hydrogen-bond donors (Lipinski definition) is 0. The number of rotatable bonds is 5. The summed E-state index contributed by atoms with van der Waals surface area (Å²) in [6.07, 6.45) is 3.70. The number of hydrogen-bond acceptors (Lipinski definition) is 4. The number of aromatic nitrogens is 1. The fourth-order valence-electron chi connectivity index (χ4n) is 4.34. The van der Waals surface area contributed by atoms with Gasteiger partial charge in [0.25, 0.3) is 5.91 Å². The van der Waals surface area contributed by atoms with Gasteiger partial charge in [-0.25, -0.2) is 8.42 Å². The summed E-state index contributed by atoms with van der Waals surface area (Å²) in [6, 6.07) is 10.3. The molecule has 6 nitrogen and oxygen atoms in total. The number of carbonyl (C=O) groups is 1. The first-order valence-electron chi connectivity index (χ1n) is 11.1. The first kappa shape index (κ1) is 23.6. The molecule has 1 unspecified atom stereocenters. The average Bonchev–Trinajstić information content (AvgIpc) is 3.11. The topological polar surface area (TPSA) is 71.7 Å². The predicted octanol–water partition coefficient (Wildman–Crippen LogP) is 4.67. The van der Waals surface area contributed by atoms with Crippen molar-refractivity contribution in [3.05, 3.63) is 70.5 Å². The second-order valence-electron chi connectivity index (χ2n) is 8.77. The maximum atomic E-state index is 13.0. The molecule has 33 heavy (non-hydrogen) atoms. The van der Waals surface area contributed by atoms with E-state index >= 15 is 0 Å². The highest BCUT2D eigenvalue weighted by molar-refractivity contribution is 7.89. The first-order chi connectivity index (χ1) is 15.7. The molecule has 1 fully saturated rings. The molecule has 0 radical (unpaired) electrons. The van der Waals surface area contributed by atoms with Gasteiger partial charge in [0.15, 0.2) is 4.80 Å². The van der Waals surface area contributed by atoms with Crippen molar-refractivity contribution in [1.29, 1.82) is 0 Å². The van der Waals surface area contributed by atoms with Crippen LogP contribution in [-0.4, -0.2) is 36.3 Å². The Morgan fingerprint density at radius 1 is 1.24 bits per heavy atom. The largest absolute Gasteiger partial charge is 0.312 e. The number of carbonyl (C=O) groups excluding carboxylic acids is 1. The van der Waals surface area contributed by atoms with E-state index in [0.29, 0.717) is 35.9 Å². The molecule has 4 rings (SSSR count). The van der Waals surface area contributed by atoms with Crippen LogP contribution in [0.15, 0.2) is 58.9 Å². The molecule has 0 saturated carbocycles. The predicted molar refractivity (Wildman–Crippen MR) is 133 cm³/mol. The molecule has 1 saturated heterocycles. The highest BCUT2D eigenvalue weighted by Crippen LogP contribution is 2.25. The van der Waals surface area contributed by atoms with E-state index in [1.807, 2.05) is 11.5 Å². The van der Waals surface area contributed by atoms with Gasteiger partial charge in [-0.3, -0.25) is 4.79 Å². The van der Waals surface area contributed by atoms with Crippen LogP contribution in [0.1, 0.15) is 41.3 Å². The second-order valence-corrected chi connectivity index (χ2v) is 11.7. The average molecular weight is 484 g/mol. The molecule has 1 aliphatic heterocycles. The van der Waals surface area contributed by atoms with Crippen LogP contribution in [0.5, 0.6) is 0 Å². The fraction of sp³-hybridized carbons (Fsp3) is 0.360. The van der Waals surface area contributed by atoms with E-state index in [1.165, 1.54) is 23.5 Å². The lowest BCUT2D eigenvalue weighted by Crippen LogP contribution is -2.39. The standard InChI is InChI=1S/C25H29N3O3S2/c1-5-12-28-22-15-18(3)14-19(4)23(22)32-25(28)26-24(29)20-8-10-21(11-9-20)33(30,31)27-13-6-7-17(2)16-27/h5,8-11,14-15,17H,1,6-7,12-13,16H2,2-4H3. The molecule has 0 spiro atoms. The molecule has 1 amide bonds. The van der Waals surface area contributed by atoms with E-state index in [1.54, 1.807) is 22.5 Å². The number of piperidine rings is 1. The maximum Gasteiger partial charge on any atom is 0.279 e. The lowest BCUT2D eigenvalue weighted by atomic mass is 10.0. The smallest absolute Gasteiger partial charge is 0.279 e. The number of allylic oxidation sites excluding steroid dienone is 1. The highest BCUT2D eigenvalue weighted by Gasteiger charge is 2.28. The molecule has 0 N–H and O–H groups in total. The zero-order valence-corrected chi connectivity index (χ0v) is 20.9. The summed E-state index contributed by atoms with van der Waals surface area (Å²) >= 11 is 1.47. The monoisotopic (exact) mass is 483 g/mol. The van der Waals surface area contributed by atoms with Crippen LogP contribution in [0.2, 0.25) is 0 Å². The van der Waals surface area contributed by atoms with Crippen molar-refractivity contribution in [2.75, 3.05) is 13.1 Å². The Bertz CT molecular complexity index is 1380. The van der Waals surface area contributed by atoms with Crippen molar-refractivity contribution in [3.63, 3.8) is 0 Å². The van der Waals surface area contributed by atoms with Crippen LogP contribution < -0.4 is 4.80 Å². The molecule has 2 heterocycles. The molecule has 0 bridgehead atoms. The van der Waals surface area contributed by atoms with Crippen LogP contribution >= 0.6 is 11.3 Å². The Balaban J connectivity index is 1.67. The highest BCUT2D eigenvalue weighted by atomic mass is 32.2. The minimum atomic E-state index is -3.56. The number of thiazole rings is 1. The summed E-state index contributed by atoms with van der Waals surface area (Å²) < 4.78 is 30.6. The van der Waals surface area contributed by atoms with E-state index in [9.17, 15) is 13.2 Å². The van der Waals surface area contributed by atoms with Gasteiger partial charge >= 0.3 is 0 Å². The first-order valence-corrected chi connectivity index (χ1v) is 13.4. The second kappa shape index (κ2) is 9.37. The maximum absolute atomic E-state index is 13.0. The third kappa shape index (κ3) is 4.74. The Kier molecular flexibility index (Phi) is 6.70. The zero-order chi connectivity index (χ0) is 23.8. The molecule has 174 valence electrons. The van der Waals surface area contributed by atoms with Gasteiger partial charge in [-0.2, -0.15) is 9.30 Å². The van der Waals surface area contributed by atoms with Crippen molar-refractivity contribution in [2.24, 2.45) is 10.9 Å². The van der Waals surface area contributed by atoms with Crippen molar-refractivity contribution in [3.8, 4) is 0 Å². The van der Waals surface area contributed by atoms with Crippen molar-refractivity contribution in [1.82, 2.24) is 8.87 Å². The molecule has 1 aromatic heterocycles. The number of sulfonamides is 1. The summed E-state index contributed by atoms with van der Waals surface area (Å²) in [6.45, 7) is 11.6. The normalized spacial score (nSPS) is 18.0. The summed E-state index contributed by atoms with van der Waals surface area (Å²) in [4.78, 5) is 18.1. The number of amides is 1. The molecule has 0 aliphatic carbocycles. The van der Waals surface area contributed by atoms with Crippen LogP contribution in [0.3, 0.4) is 0 Å². The Labute approximate surface area is 199 Å². The number of nitrogens with zero attached hydrogens (tertiary/aromatic N) is 3. The quantitative estimate of drug-likeness (QED) is 0.495. The third-order valence-electron chi connectivity index (χ3n) is 5.98. The Hall–Kier alpha value is -2.55. The number of aryl methyl sites for hydroxylation is 2. The van der Waals surface area contributed by atoms with Crippen LogP contribution in [0.25, 0.3) is 10.2 Å². The SMILES string of the molecule is C=CCn1c(=NC(=O)c2ccc(S(=O)(=O)N3CCCC(C)C3)cc2)sc2c(C)cc(C)cc21. The minimum absolute atomic E-state index is 0.211. The lowest BCUT2D eigenvalue weighted by Gasteiger charge is -2.30. The van der Waals surface area contributed by atoms with Crippen molar-refractivity contribution in [2.45, 2.75) is 45.1 Å². The molecule has 8 heteroatoms. The van der Waals surface area contributed by atoms with E-state index < -0.39 is 15.9 Å². The molecule has 3 aromatic rings. The van der Waals surface area contributed by atoms with E-state index in [2.05, 4.69) is 37.6 Å². The van der Waals surface area contributed by atoms with E-state index in [4.69, 9.17) is 0 Å². The van der Waals surface area contributed by atoms with Gasteiger partial charge in [-0.15, -0.1) is 6.58 Å².